The fourth-order valence-corrected chi connectivity index (χ4v) is 2.74. The molecule has 1 aromatic carbocycles. The molecule has 0 radical (unpaired) electrons. The third-order valence-electron chi connectivity index (χ3n) is 2.56. The maximum absolute atomic E-state index is 13.4. The van der Waals surface area contributed by atoms with Gasteiger partial charge in [0.1, 0.15) is 16.5 Å². The summed E-state index contributed by atoms with van der Waals surface area (Å²) >= 11 is 0. The molecular weight excluding hydrogens is 262 g/mol. The molecule has 0 saturated carbocycles. The monoisotopic (exact) mass is 274 g/mol. The molecule has 1 unspecified atom stereocenters. The van der Waals surface area contributed by atoms with Gasteiger partial charge < -0.3 is 0 Å². The predicted molar refractivity (Wildman–Crippen MR) is 61.0 cm³/mol. The normalized spacial score (nSPS) is 13.3. The molecule has 0 saturated heterocycles. The van der Waals surface area contributed by atoms with E-state index in [9.17, 15) is 17.2 Å². The lowest BCUT2D eigenvalue weighted by Gasteiger charge is -2.22. The Morgan fingerprint density at radius 1 is 1.44 bits per heavy atom. The average Bonchev–Trinajstić information content (AvgIpc) is 2.27. The van der Waals surface area contributed by atoms with E-state index < -0.39 is 32.6 Å². The summed E-state index contributed by atoms with van der Waals surface area (Å²) in [5.41, 5.74) is 0. The molecule has 1 atom stereocenters. The minimum absolute atomic E-state index is 0.0153. The lowest BCUT2D eigenvalue weighted by Crippen LogP contribution is -2.35. The molecule has 0 N–H and O–H groups in total. The SMILES string of the molecule is CC(CC#N)N(C)S(=O)(=O)c1ccc(F)cc1F. The first-order valence-electron chi connectivity index (χ1n) is 5.10. The Balaban J connectivity index is 3.18. The summed E-state index contributed by atoms with van der Waals surface area (Å²) in [6.45, 7) is 1.53. The third-order valence-corrected chi connectivity index (χ3v) is 4.56. The van der Waals surface area contributed by atoms with Gasteiger partial charge in [-0.2, -0.15) is 9.57 Å². The lowest BCUT2D eigenvalue weighted by atomic mass is 10.3. The van der Waals surface area contributed by atoms with E-state index in [4.69, 9.17) is 5.26 Å². The minimum atomic E-state index is -4.07. The van der Waals surface area contributed by atoms with E-state index >= 15 is 0 Å². The molecule has 0 aromatic heterocycles. The first-order valence-corrected chi connectivity index (χ1v) is 6.54. The second kappa shape index (κ2) is 5.42. The zero-order valence-corrected chi connectivity index (χ0v) is 10.7. The Labute approximate surface area is 105 Å². The molecular formula is C11H12F2N2O2S. The number of hydrogen-bond acceptors (Lipinski definition) is 3. The van der Waals surface area contributed by atoms with Crippen LogP contribution >= 0.6 is 0 Å². The van der Waals surface area contributed by atoms with E-state index in [-0.39, 0.29) is 6.42 Å². The van der Waals surface area contributed by atoms with Crippen molar-refractivity contribution in [1.82, 2.24) is 4.31 Å². The van der Waals surface area contributed by atoms with Gasteiger partial charge in [0, 0.05) is 19.2 Å². The molecule has 1 rings (SSSR count). The summed E-state index contributed by atoms with van der Waals surface area (Å²) in [4.78, 5) is -0.601. The highest BCUT2D eigenvalue weighted by Gasteiger charge is 2.28. The van der Waals surface area contributed by atoms with E-state index in [0.29, 0.717) is 6.07 Å². The Bertz CT molecular complexity index is 581. The maximum atomic E-state index is 13.4. The standard InChI is InChI=1S/C11H12F2N2O2S/c1-8(5-6-14)15(2)18(16,17)11-4-3-9(12)7-10(11)13/h3-4,7-8H,5H2,1-2H3. The van der Waals surface area contributed by atoms with E-state index in [1.807, 2.05) is 6.07 Å². The number of rotatable bonds is 4. The molecule has 0 heterocycles. The average molecular weight is 274 g/mol. The van der Waals surface area contributed by atoms with Crippen molar-refractivity contribution in [2.75, 3.05) is 7.05 Å². The second-order valence-corrected chi connectivity index (χ2v) is 5.77. The zero-order valence-electron chi connectivity index (χ0n) is 9.89. The fraction of sp³-hybridized carbons (Fsp3) is 0.364. The van der Waals surface area contributed by atoms with Crippen LogP contribution in [0, 0.1) is 23.0 Å². The van der Waals surface area contributed by atoms with Gasteiger partial charge in [-0.1, -0.05) is 0 Å². The highest BCUT2D eigenvalue weighted by Crippen LogP contribution is 2.21. The number of sulfonamides is 1. The molecule has 0 fully saturated rings. The smallest absolute Gasteiger partial charge is 0.207 e. The first-order chi connectivity index (χ1) is 8.30. The maximum Gasteiger partial charge on any atom is 0.246 e. The minimum Gasteiger partial charge on any atom is -0.207 e. The molecule has 4 nitrogen and oxygen atoms in total. The van der Waals surface area contributed by atoms with Crippen molar-refractivity contribution in [3.8, 4) is 6.07 Å². The van der Waals surface area contributed by atoms with Crippen LogP contribution < -0.4 is 0 Å². The van der Waals surface area contributed by atoms with Crippen LogP contribution in [0.1, 0.15) is 13.3 Å². The zero-order chi connectivity index (χ0) is 13.9. The second-order valence-electron chi connectivity index (χ2n) is 3.81. The van der Waals surface area contributed by atoms with Gasteiger partial charge in [-0.25, -0.2) is 17.2 Å². The van der Waals surface area contributed by atoms with Gasteiger partial charge >= 0.3 is 0 Å². The van der Waals surface area contributed by atoms with E-state index in [1.165, 1.54) is 14.0 Å². The van der Waals surface area contributed by atoms with Crippen molar-refractivity contribution in [3.05, 3.63) is 29.8 Å². The molecule has 7 heteroatoms. The summed E-state index contributed by atoms with van der Waals surface area (Å²) in [5, 5.41) is 8.52. The largest absolute Gasteiger partial charge is 0.246 e. The van der Waals surface area contributed by atoms with Gasteiger partial charge in [-0.3, -0.25) is 0 Å². The van der Waals surface area contributed by atoms with E-state index in [1.54, 1.807) is 0 Å². The Kier molecular flexibility index (Phi) is 4.38. The summed E-state index contributed by atoms with van der Waals surface area (Å²) in [7, 11) is -2.82. The highest BCUT2D eigenvalue weighted by molar-refractivity contribution is 7.89. The Morgan fingerprint density at radius 3 is 2.56 bits per heavy atom. The highest BCUT2D eigenvalue weighted by atomic mass is 32.2. The predicted octanol–water partition coefficient (Wildman–Crippen LogP) is 1.89. The molecule has 0 aliphatic carbocycles. The summed E-state index contributed by atoms with van der Waals surface area (Å²) in [6.07, 6.45) is -0.0153. The summed E-state index contributed by atoms with van der Waals surface area (Å²) in [5.74, 6) is -2.00. The molecule has 0 spiro atoms. The molecule has 1 aromatic rings. The first kappa shape index (κ1) is 14.5. The van der Waals surface area contributed by atoms with Crippen LogP contribution in [0.5, 0.6) is 0 Å². The van der Waals surface area contributed by atoms with Crippen LogP contribution in [0.25, 0.3) is 0 Å². The molecule has 0 aliphatic rings. The number of hydrogen-bond donors (Lipinski definition) is 0. The summed E-state index contributed by atoms with van der Waals surface area (Å²) in [6, 6.07) is 3.50. The van der Waals surface area contributed by atoms with Gasteiger partial charge in [0.15, 0.2) is 0 Å². The topological polar surface area (TPSA) is 61.2 Å². The summed E-state index contributed by atoms with van der Waals surface area (Å²) < 4.78 is 51.1. The van der Waals surface area contributed by atoms with Crippen molar-refractivity contribution in [2.45, 2.75) is 24.3 Å². The van der Waals surface area contributed by atoms with Gasteiger partial charge in [0.2, 0.25) is 10.0 Å². The Hall–Kier alpha value is -1.52. The van der Waals surface area contributed by atoms with Crippen molar-refractivity contribution in [2.24, 2.45) is 0 Å². The third kappa shape index (κ3) is 2.83. The Morgan fingerprint density at radius 2 is 2.06 bits per heavy atom. The number of benzene rings is 1. The number of halogens is 2. The van der Waals surface area contributed by atoms with Crippen molar-refractivity contribution in [3.63, 3.8) is 0 Å². The van der Waals surface area contributed by atoms with Gasteiger partial charge in [-0.05, 0) is 19.1 Å². The van der Waals surface area contributed by atoms with Crippen molar-refractivity contribution >= 4 is 10.0 Å². The molecule has 0 aliphatic heterocycles. The number of nitrogens with zero attached hydrogens (tertiary/aromatic N) is 2. The van der Waals surface area contributed by atoms with Crippen LogP contribution in [-0.4, -0.2) is 25.8 Å². The molecule has 0 amide bonds. The number of nitriles is 1. The van der Waals surface area contributed by atoms with Crippen LogP contribution in [-0.2, 0) is 10.0 Å². The van der Waals surface area contributed by atoms with Crippen molar-refractivity contribution < 1.29 is 17.2 Å². The van der Waals surface area contributed by atoms with E-state index in [0.717, 1.165) is 16.4 Å². The van der Waals surface area contributed by atoms with Crippen molar-refractivity contribution in [1.29, 1.82) is 5.26 Å². The van der Waals surface area contributed by atoms with Gasteiger partial charge in [0.05, 0.1) is 12.5 Å². The molecule has 0 bridgehead atoms. The fourth-order valence-electron chi connectivity index (χ4n) is 1.34. The van der Waals surface area contributed by atoms with Crippen LogP contribution in [0.2, 0.25) is 0 Å². The van der Waals surface area contributed by atoms with Gasteiger partial charge in [0.25, 0.3) is 0 Å². The van der Waals surface area contributed by atoms with Crippen LogP contribution in [0.15, 0.2) is 23.1 Å². The lowest BCUT2D eigenvalue weighted by molar-refractivity contribution is 0.390. The van der Waals surface area contributed by atoms with Crippen LogP contribution in [0.3, 0.4) is 0 Å². The van der Waals surface area contributed by atoms with Gasteiger partial charge in [-0.15, -0.1) is 0 Å². The molecule has 18 heavy (non-hydrogen) atoms. The quantitative estimate of drug-likeness (QED) is 0.842. The van der Waals surface area contributed by atoms with Crippen LogP contribution in [0.4, 0.5) is 8.78 Å². The van der Waals surface area contributed by atoms with E-state index in [2.05, 4.69) is 0 Å². The molecule has 98 valence electrons.